The summed E-state index contributed by atoms with van der Waals surface area (Å²) in [6.07, 6.45) is 0. The van der Waals surface area contributed by atoms with E-state index in [2.05, 4.69) is 0 Å². The van der Waals surface area contributed by atoms with E-state index < -0.39 is 5.76 Å². The van der Waals surface area contributed by atoms with E-state index in [1.54, 1.807) is 14.1 Å². The number of alkyl halides is 2. The molecule has 0 aliphatic heterocycles. The van der Waals surface area contributed by atoms with Crippen molar-refractivity contribution in [3.63, 3.8) is 0 Å². The number of amides is 1. The van der Waals surface area contributed by atoms with E-state index in [9.17, 15) is 13.6 Å². The van der Waals surface area contributed by atoms with Crippen LogP contribution in [0.4, 0.5) is 8.78 Å². The molecule has 0 N–H and O–H groups in total. The largest absolute Gasteiger partial charge is 0.455 e. The van der Waals surface area contributed by atoms with E-state index in [-0.39, 0.29) is 17.4 Å². The van der Waals surface area contributed by atoms with Crippen LogP contribution in [0.1, 0.15) is 16.3 Å². The summed E-state index contributed by atoms with van der Waals surface area (Å²) in [7, 11) is 3.19. The molecule has 0 aromatic carbocycles. The van der Waals surface area contributed by atoms with Crippen molar-refractivity contribution >= 4 is 17.7 Å². The zero-order valence-corrected chi connectivity index (χ0v) is 9.18. The lowest BCUT2D eigenvalue weighted by atomic mass is 10.4. The van der Waals surface area contributed by atoms with Crippen molar-refractivity contribution < 1.29 is 18.0 Å². The van der Waals surface area contributed by atoms with Crippen LogP contribution >= 0.6 is 11.8 Å². The molecule has 15 heavy (non-hydrogen) atoms. The van der Waals surface area contributed by atoms with Crippen molar-refractivity contribution in [1.82, 2.24) is 4.90 Å². The maximum atomic E-state index is 11.9. The SMILES string of the molecule is CN(C)C(=O)c1ccc(CSC(F)F)o1. The summed E-state index contributed by atoms with van der Waals surface area (Å²) in [5, 5.41) is 0. The number of thioether (sulfide) groups is 1. The number of carbonyl (C=O) groups is 1. The lowest BCUT2D eigenvalue weighted by molar-refractivity contribution is 0.0795. The Morgan fingerprint density at radius 2 is 2.20 bits per heavy atom. The summed E-state index contributed by atoms with van der Waals surface area (Å²) in [6.45, 7) is 0. The fraction of sp³-hybridized carbons (Fsp3) is 0.444. The van der Waals surface area contributed by atoms with Gasteiger partial charge in [0.05, 0.1) is 5.75 Å². The molecule has 0 aliphatic carbocycles. The van der Waals surface area contributed by atoms with Crippen LogP contribution in [0.25, 0.3) is 0 Å². The lowest BCUT2D eigenvalue weighted by Crippen LogP contribution is -2.20. The third-order valence-electron chi connectivity index (χ3n) is 1.63. The monoisotopic (exact) mass is 235 g/mol. The molecule has 84 valence electrons. The first kappa shape index (κ1) is 12.0. The zero-order valence-electron chi connectivity index (χ0n) is 8.37. The lowest BCUT2D eigenvalue weighted by Gasteiger charge is -2.06. The van der Waals surface area contributed by atoms with Gasteiger partial charge in [0, 0.05) is 14.1 Å². The van der Waals surface area contributed by atoms with Crippen LogP contribution in [0.15, 0.2) is 16.5 Å². The highest BCUT2D eigenvalue weighted by atomic mass is 32.2. The molecule has 1 rings (SSSR count). The third-order valence-corrected chi connectivity index (χ3v) is 2.33. The van der Waals surface area contributed by atoms with Crippen molar-refractivity contribution in [2.24, 2.45) is 0 Å². The van der Waals surface area contributed by atoms with Gasteiger partial charge in [-0.05, 0) is 12.1 Å². The Balaban J connectivity index is 2.60. The number of carbonyl (C=O) groups excluding carboxylic acids is 1. The van der Waals surface area contributed by atoms with Crippen molar-refractivity contribution in [1.29, 1.82) is 0 Å². The average Bonchev–Trinajstić information content (AvgIpc) is 2.61. The molecule has 0 fully saturated rings. The number of halogens is 2. The van der Waals surface area contributed by atoms with Gasteiger partial charge in [-0.2, -0.15) is 8.78 Å². The second kappa shape index (κ2) is 5.16. The fourth-order valence-electron chi connectivity index (χ4n) is 0.936. The molecule has 0 unspecified atom stereocenters. The summed E-state index contributed by atoms with van der Waals surface area (Å²) >= 11 is 0.466. The smallest absolute Gasteiger partial charge is 0.289 e. The van der Waals surface area contributed by atoms with Crippen LogP contribution in [-0.4, -0.2) is 30.7 Å². The molecular weight excluding hydrogens is 224 g/mol. The van der Waals surface area contributed by atoms with Crippen molar-refractivity contribution in [3.05, 3.63) is 23.7 Å². The Morgan fingerprint density at radius 3 is 2.73 bits per heavy atom. The maximum absolute atomic E-state index is 11.9. The molecule has 0 bridgehead atoms. The zero-order chi connectivity index (χ0) is 11.4. The average molecular weight is 235 g/mol. The molecule has 0 saturated carbocycles. The number of hydrogen-bond acceptors (Lipinski definition) is 3. The Hall–Kier alpha value is -1.04. The number of rotatable bonds is 4. The van der Waals surface area contributed by atoms with Crippen LogP contribution in [0.2, 0.25) is 0 Å². The van der Waals surface area contributed by atoms with Gasteiger partial charge >= 0.3 is 0 Å². The van der Waals surface area contributed by atoms with Crippen molar-refractivity contribution in [2.45, 2.75) is 11.5 Å². The fourth-order valence-corrected chi connectivity index (χ4v) is 1.38. The molecule has 0 atom stereocenters. The highest BCUT2D eigenvalue weighted by Gasteiger charge is 2.13. The number of hydrogen-bond donors (Lipinski definition) is 0. The van der Waals surface area contributed by atoms with E-state index in [1.165, 1.54) is 17.0 Å². The second-order valence-electron chi connectivity index (χ2n) is 3.04. The first-order valence-corrected chi connectivity index (χ1v) is 5.25. The van der Waals surface area contributed by atoms with Crippen LogP contribution in [0.3, 0.4) is 0 Å². The Kier molecular flexibility index (Phi) is 4.14. The van der Waals surface area contributed by atoms with Crippen LogP contribution in [0.5, 0.6) is 0 Å². The van der Waals surface area contributed by atoms with Gasteiger partial charge in [0.25, 0.3) is 11.7 Å². The quantitative estimate of drug-likeness (QED) is 0.803. The number of nitrogens with zero attached hydrogens (tertiary/aromatic N) is 1. The summed E-state index contributed by atoms with van der Waals surface area (Å²) in [5.41, 5.74) is 0. The van der Waals surface area contributed by atoms with E-state index in [0.717, 1.165) is 0 Å². The van der Waals surface area contributed by atoms with Gasteiger partial charge in [0.2, 0.25) is 0 Å². The molecular formula is C9H11F2NO2S. The van der Waals surface area contributed by atoms with E-state index >= 15 is 0 Å². The van der Waals surface area contributed by atoms with E-state index in [1.807, 2.05) is 0 Å². The van der Waals surface area contributed by atoms with Gasteiger partial charge in [-0.25, -0.2) is 0 Å². The molecule has 1 aromatic rings. The molecule has 1 aromatic heterocycles. The van der Waals surface area contributed by atoms with Crippen LogP contribution in [0, 0.1) is 0 Å². The Bertz CT molecular complexity index is 339. The van der Waals surface area contributed by atoms with Crippen molar-refractivity contribution in [3.8, 4) is 0 Å². The first-order valence-electron chi connectivity index (χ1n) is 4.21. The summed E-state index contributed by atoms with van der Waals surface area (Å²) < 4.78 is 28.8. The predicted molar refractivity (Wildman–Crippen MR) is 54.0 cm³/mol. The Morgan fingerprint density at radius 1 is 1.53 bits per heavy atom. The molecule has 1 heterocycles. The highest BCUT2D eigenvalue weighted by molar-refractivity contribution is 7.98. The molecule has 0 radical (unpaired) electrons. The topological polar surface area (TPSA) is 33.5 Å². The number of furan rings is 1. The first-order chi connectivity index (χ1) is 7.00. The molecule has 6 heteroatoms. The Labute approximate surface area is 90.4 Å². The predicted octanol–water partition coefficient (Wildman–Crippen LogP) is 2.44. The van der Waals surface area contributed by atoms with Gasteiger partial charge in [-0.3, -0.25) is 4.79 Å². The van der Waals surface area contributed by atoms with Crippen LogP contribution in [-0.2, 0) is 5.75 Å². The normalized spacial score (nSPS) is 10.7. The molecule has 0 spiro atoms. The van der Waals surface area contributed by atoms with Gasteiger partial charge in [-0.15, -0.1) is 0 Å². The van der Waals surface area contributed by atoms with Crippen LogP contribution < -0.4 is 0 Å². The molecule has 1 amide bonds. The standard InChI is InChI=1S/C9H11F2NO2S/c1-12(2)8(13)7-4-3-6(14-7)5-15-9(10)11/h3-4,9H,5H2,1-2H3. The summed E-state index contributed by atoms with van der Waals surface area (Å²) in [6, 6.07) is 3.02. The summed E-state index contributed by atoms with van der Waals surface area (Å²) in [4.78, 5) is 12.7. The van der Waals surface area contributed by atoms with Gasteiger partial charge in [0.15, 0.2) is 5.76 Å². The van der Waals surface area contributed by atoms with Gasteiger partial charge in [0.1, 0.15) is 5.76 Å². The second-order valence-corrected chi connectivity index (χ2v) is 4.02. The van der Waals surface area contributed by atoms with E-state index in [4.69, 9.17) is 4.42 Å². The van der Waals surface area contributed by atoms with Gasteiger partial charge < -0.3 is 9.32 Å². The maximum Gasteiger partial charge on any atom is 0.289 e. The van der Waals surface area contributed by atoms with E-state index in [0.29, 0.717) is 17.5 Å². The third kappa shape index (κ3) is 3.54. The highest BCUT2D eigenvalue weighted by Crippen LogP contribution is 2.21. The molecule has 0 aliphatic rings. The van der Waals surface area contributed by atoms with Crippen molar-refractivity contribution in [2.75, 3.05) is 14.1 Å². The minimum absolute atomic E-state index is 0.0678. The minimum atomic E-state index is -2.43. The molecule has 3 nitrogen and oxygen atoms in total. The van der Waals surface area contributed by atoms with Gasteiger partial charge in [-0.1, -0.05) is 11.8 Å². The minimum Gasteiger partial charge on any atom is -0.455 e. The summed E-state index contributed by atoms with van der Waals surface area (Å²) in [5.74, 6) is -2.08. The molecule has 0 saturated heterocycles.